The van der Waals surface area contributed by atoms with Crippen molar-refractivity contribution in [3.8, 4) is 0 Å². The van der Waals surface area contributed by atoms with Gasteiger partial charge < -0.3 is 5.32 Å². The van der Waals surface area contributed by atoms with Gasteiger partial charge in [0.05, 0.1) is 11.6 Å². The van der Waals surface area contributed by atoms with Crippen molar-refractivity contribution in [3.63, 3.8) is 0 Å². The second-order valence-corrected chi connectivity index (χ2v) is 4.07. The average molecular weight is 228 g/mol. The molecule has 0 amide bonds. The van der Waals surface area contributed by atoms with E-state index >= 15 is 0 Å². The zero-order valence-corrected chi connectivity index (χ0v) is 8.85. The number of halogens is 2. The van der Waals surface area contributed by atoms with Gasteiger partial charge in [-0.05, 0) is 37.6 Å². The second-order valence-electron chi connectivity index (χ2n) is 3.64. The zero-order valence-electron chi connectivity index (χ0n) is 8.09. The first kappa shape index (κ1) is 10.6. The summed E-state index contributed by atoms with van der Waals surface area (Å²) >= 11 is 5.73. The summed E-state index contributed by atoms with van der Waals surface area (Å²) in [6.45, 7) is 0.818. The molecule has 2 nitrogen and oxygen atoms in total. The summed E-state index contributed by atoms with van der Waals surface area (Å²) in [5, 5.41) is 3.43. The number of ketones is 1. The highest BCUT2D eigenvalue weighted by Crippen LogP contribution is 2.19. The smallest absolute Gasteiger partial charge is 0.182 e. The second kappa shape index (κ2) is 4.29. The van der Waals surface area contributed by atoms with E-state index in [-0.39, 0.29) is 17.4 Å². The maximum atomic E-state index is 13.4. The van der Waals surface area contributed by atoms with Gasteiger partial charge >= 0.3 is 0 Å². The largest absolute Gasteiger partial charge is 0.307 e. The van der Waals surface area contributed by atoms with E-state index < -0.39 is 5.82 Å². The molecule has 1 aromatic carbocycles. The number of hydrogen-bond acceptors (Lipinski definition) is 2. The lowest BCUT2D eigenvalue weighted by Gasteiger charge is -2.09. The molecule has 1 saturated heterocycles. The zero-order chi connectivity index (χ0) is 10.8. The van der Waals surface area contributed by atoms with Crippen molar-refractivity contribution >= 4 is 17.4 Å². The molecule has 15 heavy (non-hydrogen) atoms. The lowest BCUT2D eigenvalue weighted by Crippen LogP contribution is -2.31. The average Bonchev–Trinajstić information content (AvgIpc) is 2.74. The van der Waals surface area contributed by atoms with Crippen LogP contribution in [0.2, 0.25) is 5.02 Å². The number of Topliss-reactive ketones (excluding diaryl/α,β-unsaturated/α-hetero) is 1. The summed E-state index contributed by atoms with van der Waals surface area (Å²) in [7, 11) is 0. The molecule has 1 heterocycles. The van der Waals surface area contributed by atoms with Crippen molar-refractivity contribution < 1.29 is 9.18 Å². The van der Waals surface area contributed by atoms with Crippen LogP contribution in [0, 0.1) is 5.82 Å². The highest BCUT2D eigenvalue weighted by atomic mass is 35.5. The summed E-state index contributed by atoms with van der Waals surface area (Å²) < 4.78 is 13.4. The first-order valence-corrected chi connectivity index (χ1v) is 5.29. The molecule has 1 aliphatic rings. The fourth-order valence-electron chi connectivity index (χ4n) is 1.78. The van der Waals surface area contributed by atoms with Gasteiger partial charge in [0, 0.05) is 5.02 Å². The van der Waals surface area contributed by atoms with Crippen LogP contribution < -0.4 is 5.32 Å². The van der Waals surface area contributed by atoms with Gasteiger partial charge in [-0.3, -0.25) is 4.79 Å². The van der Waals surface area contributed by atoms with E-state index in [0.29, 0.717) is 5.02 Å². The van der Waals surface area contributed by atoms with E-state index in [4.69, 9.17) is 11.6 Å². The summed E-state index contributed by atoms with van der Waals surface area (Å²) in [5.74, 6) is -0.703. The van der Waals surface area contributed by atoms with E-state index in [2.05, 4.69) is 5.32 Å². The van der Waals surface area contributed by atoms with Crippen molar-refractivity contribution in [1.82, 2.24) is 5.32 Å². The van der Waals surface area contributed by atoms with E-state index in [1.54, 1.807) is 0 Å². The van der Waals surface area contributed by atoms with Gasteiger partial charge in [0.15, 0.2) is 5.78 Å². The maximum Gasteiger partial charge on any atom is 0.182 e. The summed E-state index contributed by atoms with van der Waals surface area (Å²) in [6, 6.07) is 3.80. The Morgan fingerprint density at radius 2 is 2.33 bits per heavy atom. The maximum absolute atomic E-state index is 13.4. The van der Waals surface area contributed by atoms with Gasteiger partial charge in [-0.25, -0.2) is 4.39 Å². The van der Waals surface area contributed by atoms with Crippen LogP contribution in [0.15, 0.2) is 18.2 Å². The lowest BCUT2D eigenvalue weighted by molar-refractivity contribution is 0.0948. The van der Waals surface area contributed by atoms with Crippen LogP contribution in [0.5, 0.6) is 0 Å². The van der Waals surface area contributed by atoms with Gasteiger partial charge in [0.2, 0.25) is 0 Å². The van der Waals surface area contributed by atoms with Gasteiger partial charge in [0.1, 0.15) is 5.82 Å². The molecule has 2 rings (SSSR count). The SMILES string of the molecule is O=C(c1cc(Cl)ccc1F)C1CCCN1. The molecule has 0 radical (unpaired) electrons. The highest BCUT2D eigenvalue weighted by Gasteiger charge is 2.25. The Hall–Kier alpha value is -0.930. The van der Waals surface area contributed by atoms with Crippen molar-refractivity contribution in [3.05, 3.63) is 34.6 Å². The van der Waals surface area contributed by atoms with Crippen molar-refractivity contribution in [2.24, 2.45) is 0 Å². The van der Waals surface area contributed by atoms with Gasteiger partial charge in [-0.15, -0.1) is 0 Å². The van der Waals surface area contributed by atoms with Crippen LogP contribution in [0.4, 0.5) is 4.39 Å². The van der Waals surface area contributed by atoms with Gasteiger partial charge in [0.25, 0.3) is 0 Å². The molecule has 1 fully saturated rings. The Morgan fingerprint density at radius 1 is 1.53 bits per heavy atom. The molecule has 1 atom stereocenters. The molecule has 4 heteroatoms. The number of benzene rings is 1. The summed E-state index contributed by atoms with van der Waals surface area (Å²) in [5.41, 5.74) is 0.0851. The van der Waals surface area contributed by atoms with Crippen LogP contribution in [0.25, 0.3) is 0 Å². The molecule has 0 spiro atoms. The minimum absolute atomic E-state index is 0.0851. The van der Waals surface area contributed by atoms with Gasteiger partial charge in [-0.2, -0.15) is 0 Å². The Balaban J connectivity index is 2.27. The normalized spacial score (nSPS) is 20.5. The van der Waals surface area contributed by atoms with Crippen molar-refractivity contribution in [1.29, 1.82) is 0 Å². The minimum Gasteiger partial charge on any atom is -0.307 e. The van der Waals surface area contributed by atoms with Crippen LogP contribution in [-0.4, -0.2) is 18.4 Å². The number of rotatable bonds is 2. The first-order chi connectivity index (χ1) is 7.18. The van der Waals surface area contributed by atoms with Crippen LogP contribution >= 0.6 is 11.6 Å². The highest BCUT2D eigenvalue weighted by molar-refractivity contribution is 6.31. The molecule has 0 aliphatic carbocycles. The molecular weight excluding hydrogens is 217 g/mol. The summed E-state index contributed by atoms with van der Waals surface area (Å²) in [4.78, 5) is 11.9. The van der Waals surface area contributed by atoms with Gasteiger partial charge in [-0.1, -0.05) is 11.6 Å². The lowest BCUT2D eigenvalue weighted by atomic mass is 10.0. The molecule has 1 aliphatic heterocycles. The van der Waals surface area contributed by atoms with Crippen LogP contribution in [0.1, 0.15) is 23.2 Å². The fourth-order valence-corrected chi connectivity index (χ4v) is 1.95. The Morgan fingerprint density at radius 3 is 3.00 bits per heavy atom. The van der Waals surface area contributed by atoms with E-state index in [1.807, 2.05) is 0 Å². The van der Waals surface area contributed by atoms with Crippen molar-refractivity contribution in [2.75, 3.05) is 6.54 Å². The fraction of sp³-hybridized carbons (Fsp3) is 0.364. The molecule has 0 aromatic heterocycles. The Labute approximate surface area is 92.4 Å². The molecular formula is C11H11ClFNO. The number of carbonyl (C=O) groups is 1. The summed E-state index contributed by atoms with van der Waals surface area (Å²) in [6.07, 6.45) is 1.73. The Bertz CT molecular complexity index is 388. The van der Waals surface area contributed by atoms with E-state index in [1.165, 1.54) is 18.2 Å². The molecule has 80 valence electrons. The molecule has 1 unspecified atom stereocenters. The molecule has 0 saturated carbocycles. The van der Waals surface area contributed by atoms with Crippen LogP contribution in [0.3, 0.4) is 0 Å². The van der Waals surface area contributed by atoms with E-state index in [0.717, 1.165) is 19.4 Å². The monoisotopic (exact) mass is 227 g/mol. The molecule has 1 N–H and O–H groups in total. The molecule has 1 aromatic rings. The topological polar surface area (TPSA) is 29.1 Å². The standard InChI is InChI=1S/C11H11ClFNO/c12-7-3-4-9(13)8(6-7)11(15)10-2-1-5-14-10/h3-4,6,10,14H,1-2,5H2. The Kier molecular flexibility index (Phi) is 3.03. The third-order valence-electron chi connectivity index (χ3n) is 2.57. The number of nitrogens with one attached hydrogen (secondary N) is 1. The minimum atomic E-state index is -0.502. The molecule has 0 bridgehead atoms. The first-order valence-electron chi connectivity index (χ1n) is 4.91. The third kappa shape index (κ3) is 2.19. The number of hydrogen-bond donors (Lipinski definition) is 1. The van der Waals surface area contributed by atoms with E-state index in [9.17, 15) is 9.18 Å². The predicted molar refractivity (Wildman–Crippen MR) is 56.8 cm³/mol. The number of carbonyl (C=O) groups excluding carboxylic acids is 1. The third-order valence-corrected chi connectivity index (χ3v) is 2.81. The predicted octanol–water partition coefficient (Wildman–Crippen LogP) is 2.41. The quantitative estimate of drug-likeness (QED) is 0.787. The van der Waals surface area contributed by atoms with Crippen molar-refractivity contribution in [2.45, 2.75) is 18.9 Å². The van der Waals surface area contributed by atoms with Crippen LogP contribution in [-0.2, 0) is 0 Å².